The summed E-state index contributed by atoms with van der Waals surface area (Å²) in [7, 11) is 0. The summed E-state index contributed by atoms with van der Waals surface area (Å²) in [6, 6.07) is 10.8. The third-order valence-electron chi connectivity index (χ3n) is 3.68. The first-order valence-electron chi connectivity index (χ1n) is 8.25. The van der Waals surface area contributed by atoms with Crippen molar-refractivity contribution in [1.82, 2.24) is 9.88 Å². The number of nitrogens with zero attached hydrogens (tertiary/aromatic N) is 1. The predicted octanol–water partition coefficient (Wildman–Crippen LogP) is 1.88. The van der Waals surface area contributed by atoms with Crippen molar-refractivity contribution in [3.8, 4) is 11.8 Å². The first-order valence-corrected chi connectivity index (χ1v) is 8.25. The van der Waals surface area contributed by atoms with Gasteiger partial charge in [0.25, 0.3) is 5.91 Å². The number of benzene rings is 1. The average Bonchev–Trinajstić information content (AvgIpc) is 2.63. The van der Waals surface area contributed by atoms with Crippen LogP contribution < -0.4 is 10.9 Å². The summed E-state index contributed by atoms with van der Waals surface area (Å²) in [5, 5.41) is 11.2. The van der Waals surface area contributed by atoms with Crippen molar-refractivity contribution in [2.75, 3.05) is 0 Å². The molecule has 0 saturated carbocycles. The Kier molecular flexibility index (Phi) is 6.75. The van der Waals surface area contributed by atoms with Crippen LogP contribution in [-0.2, 0) is 11.3 Å². The fourth-order valence-electron chi connectivity index (χ4n) is 2.23. The van der Waals surface area contributed by atoms with Gasteiger partial charge in [0.15, 0.2) is 0 Å². The van der Waals surface area contributed by atoms with Crippen molar-refractivity contribution in [3.63, 3.8) is 0 Å². The molecular weight excluding hydrogens is 332 g/mol. The Bertz CT molecular complexity index is 906. The zero-order chi connectivity index (χ0) is 18.9. The molecule has 0 spiro atoms. The molecule has 6 heteroatoms. The van der Waals surface area contributed by atoms with Gasteiger partial charge in [0.1, 0.15) is 6.04 Å². The smallest absolute Gasteiger partial charge is 0.325 e. The van der Waals surface area contributed by atoms with Crippen molar-refractivity contribution in [3.05, 3.63) is 70.1 Å². The molecule has 2 N–H and O–H groups in total. The lowest BCUT2D eigenvalue weighted by molar-refractivity contribution is -0.138. The monoisotopic (exact) mass is 352 g/mol. The summed E-state index contributed by atoms with van der Waals surface area (Å²) in [5.41, 5.74) is 1.01. The molecule has 1 unspecified atom stereocenters. The lowest BCUT2D eigenvalue weighted by Gasteiger charge is -2.09. The van der Waals surface area contributed by atoms with Gasteiger partial charge in [-0.25, -0.2) is 0 Å². The molecule has 1 aromatic heterocycles. The number of carboxylic acid groups (broad SMARTS) is 1. The van der Waals surface area contributed by atoms with Crippen LogP contribution in [0.5, 0.6) is 0 Å². The summed E-state index contributed by atoms with van der Waals surface area (Å²) in [4.78, 5) is 34.4. The van der Waals surface area contributed by atoms with Gasteiger partial charge in [0.2, 0.25) is 5.56 Å². The maximum Gasteiger partial charge on any atom is 0.325 e. The highest BCUT2D eigenvalue weighted by Gasteiger charge is 2.15. The highest BCUT2D eigenvalue weighted by Crippen LogP contribution is 2.05. The Morgan fingerprint density at radius 3 is 2.77 bits per heavy atom. The SMILES string of the molecule is CC(NC(=O)c1cccc(C#CCCCn2ccccc2=O)c1)C(=O)O. The molecular formula is C20H20N2O4. The van der Waals surface area contributed by atoms with Crippen LogP contribution in [0.2, 0.25) is 0 Å². The highest BCUT2D eigenvalue weighted by atomic mass is 16.4. The summed E-state index contributed by atoms with van der Waals surface area (Å²) in [6.07, 6.45) is 3.11. The summed E-state index contributed by atoms with van der Waals surface area (Å²) < 4.78 is 1.64. The van der Waals surface area contributed by atoms with Gasteiger partial charge in [0.05, 0.1) is 0 Å². The van der Waals surface area contributed by atoms with Gasteiger partial charge < -0.3 is 15.0 Å². The zero-order valence-electron chi connectivity index (χ0n) is 14.4. The second-order valence-corrected chi connectivity index (χ2v) is 5.75. The maximum absolute atomic E-state index is 12.0. The van der Waals surface area contributed by atoms with Gasteiger partial charge in [0, 0.05) is 36.4 Å². The number of amides is 1. The molecule has 26 heavy (non-hydrogen) atoms. The Balaban J connectivity index is 1.91. The van der Waals surface area contributed by atoms with E-state index in [2.05, 4.69) is 17.2 Å². The molecule has 0 aliphatic heterocycles. The van der Waals surface area contributed by atoms with Crippen LogP contribution in [-0.4, -0.2) is 27.6 Å². The van der Waals surface area contributed by atoms with E-state index in [-0.39, 0.29) is 5.56 Å². The average molecular weight is 352 g/mol. The highest BCUT2D eigenvalue weighted by molar-refractivity contribution is 5.96. The van der Waals surface area contributed by atoms with Crippen molar-refractivity contribution >= 4 is 11.9 Å². The third-order valence-corrected chi connectivity index (χ3v) is 3.68. The van der Waals surface area contributed by atoms with E-state index < -0.39 is 17.9 Å². The van der Waals surface area contributed by atoms with Crippen molar-refractivity contribution in [2.45, 2.75) is 32.4 Å². The Morgan fingerprint density at radius 1 is 1.23 bits per heavy atom. The first-order chi connectivity index (χ1) is 12.5. The van der Waals surface area contributed by atoms with Crippen LogP contribution in [0.1, 0.15) is 35.7 Å². The van der Waals surface area contributed by atoms with E-state index in [0.29, 0.717) is 24.1 Å². The molecule has 2 rings (SSSR count). The Hall–Kier alpha value is -3.33. The molecule has 0 bridgehead atoms. The molecule has 0 aliphatic rings. The minimum Gasteiger partial charge on any atom is -0.480 e. The van der Waals surface area contributed by atoms with Gasteiger partial charge in [-0.05, 0) is 37.6 Å². The molecule has 0 saturated heterocycles. The fraction of sp³-hybridized carbons (Fsp3) is 0.250. The van der Waals surface area contributed by atoms with Gasteiger partial charge in [-0.2, -0.15) is 0 Å². The second kappa shape index (κ2) is 9.23. The number of aliphatic carboxylic acids is 1. The van der Waals surface area contributed by atoms with Crippen molar-refractivity contribution in [2.24, 2.45) is 0 Å². The van der Waals surface area contributed by atoms with E-state index >= 15 is 0 Å². The quantitative estimate of drug-likeness (QED) is 0.614. The predicted molar refractivity (Wildman–Crippen MR) is 97.8 cm³/mol. The van der Waals surface area contributed by atoms with Crippen molar-refractivity contribution in [1.29, 1.82) is 0 Å². The Morgan fingerprint density at radius 2 is 2.04 bits per heavy atom. The van der Waals surface area contributed by atoms with Gasteiger partial charge >= 0.3 is 5.97 Å². The molecule has 0 aliphatic carbocycles. The fourth-order valence-corrected chi connectivity index (χ4v) is 2.23. The number of hydrogen-bond donors (Lipinski definition) is 2. The number of carboxylic acids is 1. The maximum atomic E-state index is 12.0. The lowest BCUT2D eigenvalue weighted by atomic mass is 10.1. The number of hydrogen-bond acceptors (Lipinski definition) is 3. The van der Waals surface area contributed by atoms with Gasteiger partial charge in [-0.3, -0.25) is 14.4 Å². The van der Waals surface area contributed by atoms with Crippen LogP contribution in [0.3, 0.4) is 0 Å². The van der Waals surface area contributed by atoms with E-state index in [1.54, 1.807) is 41.1 Å². The molecule has 0 radical (unpaired) electrons. The normalized spacial score (nSPS) is 11.1. The number of unbranched alkanes of at least 4 members (excludes halogenated alkanes) is 1. The van der Waals surface area contributed by atoms with Crippen LogP contribution in [0.4, 0.5) is 0 Å². The van der Waals surface area contributed by atoms with Gasteiger partial charge in [-0.15, -0.1) is 0 Å². The summed E-state index contributed by atoms with van der Waals surface area (Å²) in [5.74, 6) is 4.47. The van der Waals surface area contributed by atoms with E-state index in [1.165, 1.54) is 13.0 Å². The van der Waals surface area contributed by atoms with E-state index in [9.17, 15) is 14.4 Å². The molecule has 6 nitrogen and oxygen atoms in total. The number of aryl methyl sites for hydroxylation is 1. The minimum atomic E-state index is -1.09. The van der Waals surface area contributed by atoms with E-state index in [0.717, 1.165) is 6.42 Å². The molecule has 2 aromatic rings. The number of pyridine rings is 1. The number of nitrogens with one attached hydrogen (secondary N) is 1. The number of carbonyl (C=O) groups is 2. The lowest BCUT2D eigenvalue weighted by Crippen LogP contribution is -2.38. The van der Waals surface area contributed by atoms with Crippen LogP contribution in [0, 0.1) is 11.8 Å². The van der Waals surface area contributed by atoms with E-state index in [4.69, 9.17) is 5.11 Å². The standard InChI is InChI=1S/C20H20N2O4/c1-15(20(25)26)21-19(24)17-10-7-9-16(14-17)8-3-2-5-12-22-13-6-4-11-18(22)23/h4,6-7,9-11,13-15H,2,5,12H2,1H3,(H,21,24)(H,25,26). The molecule has 1 heterocycles. The number of aromatic nitrogens is 1. The largest absolute Gasteiger partial charge is 0.480 e. The number of rotatable bonds is 6. The minimum absolute atomic E-state index is 0.0326. The van der Waals surface area contributed by atoms with Crippen LogP contribution in [0.15, 0.2) is 53.5 Å². The first kappa shape index (κ1) is 19.0. The molecule has 1 atom stereocenters. The molecule has 1 amide bonds. The summed E-state index contributed by atoms with van der Waals surface area (Å²) >= 11 is 0. The molecule has 0 fully saturated rings. The zero-order valence-corrected chi connectivity index (χ0v) is 14.4. The molecule has 1 aromatic carbocycles. The number of carbonyl (C=O) groups excluding carboxylic acids is 1. The topological polar surface area (TPSA) is 88.4 Å². The van der Waals surface area contributed by atoms with Crippen molar-refractivity contribution < 1.29 is 14.7 Å². The summed E-state index contributed by atoms with van der Waals surface area (Å²) in [6.45, 7) is 2.01. The molecule has 134 valence electrons. The van der Waals surface area contributed by atoms with Gasteiger partial charge in [-0.1, -0.05) is 24.0 Å². The van der Waals surface area contributed by atoms with Crippen LogP contribution >= 0.6 is 0 Å². The third kappa shape index (κ3) is 5.64. The van der Waals surface area contributed by atoms with E-state index in [1.807, 2.05) is 6.07 Å². The van der Waals surface area contributed by atoms with Crippen LogP contribution in [0.25, 0.3) is 0 Å². The second-order valence-electron chi connectivity index (χ2n) is 5.75. The Labute approximate surface area is 151 Å².